The van der Waals surface area contributed by atoms with Crippen molar-refractivity contribution in [3.8, 4) is 17.2 Å². The van der Waals surface area contributed by atoms with Gasteiger partial charge in [0.15, 0.2) is 17.3 Å². The number of benzene rings is 2. The minimum atomic E-state index is 0.271. The predicted molar refractivity (Wildman–Crippen MR) is 143 cm³/mol. The van der Waals surface area contributed by atoms with Crippen LogP contribution in [0.25, 0.3) is 17.1 Å². The van der Waals surface area contributed by atoms with Crippen molar-refractivity contribution in [3.05, 3.63) is 103 Å². The standard InChI is InChI=1S/C25H15Br2Cl2N3O2/c26-16-10-19(27)18(22(11-16)34-14-15-6-7-17(28)12-20(15)29)13-30-25-24(21-4-3-9-33-21)31-23-5-1-2-8-32(23)25/h1-13H,14H2. The number of fused-ring (bicyclic) bond motifs is 1. The second-order valence-corrected chi connectivity index (χ2v) is 9.89. The van der Waals surface area contributed by atoms with Gasteiger partial charge >= 0.3 is 0 Å². The Bertz CT molecular complexity index is 1510. The monoisotopic (exact) mass is 617 g/mol. The van der Waals surface area contributed by atoms with Gasteiger partial charge in [0.1, 0.15) is 18.0 Å². The highest BCUT2D eigenvalue weighted by atomic mass is 79.9. The quantitative estimate of drug-likeness (QED) is 0.179. The van der Waals surface area contributed by atoms with Gasteiger partial charge in [0.2, 0.25) is 0 Å². The van der Waals surface area contributed by atoms with Gasteiger partial charge < -0.3 is 9.15 Å². The molecule has 0 aliphatic carbocycles. The molecular formula is C25H15Br2Cl2N3O2. The van der Waals surface area contributed by atoms with Crippen molar-refractivity contribution >= 4 is 72.7 Å². The van der Waals surface area contributed by atoms with Gasteiger partial charge in [-0.25, -0.2) is 9.98 Å². The molecule has 2 aromatic carbocycles. The Hall–Kier alpha value is -2.58. The first kappa shape index (κ1) is 23.2. The summed E-state index contributed by atoms with van der Waals surface area (Å²) < 4.78 is 15.3. The summed E-state index contributed by atoms with van der Waals surface area (Å²) in [6, 6.07) is 18.6. The molecule has 0 bridgehead atoms. The van der Waals surface area contributed by atoms with Crippen LogP contribution >= 0.6 is 55.1 Å². The molecule has 0 unspecified atom stereocenters. The van der Waals surface area contributed by atoms with Crippen LogP contribution in [0.3, 0.4) is 0 Å². The summed E-state index contributed by atoms with van der Waals surface area (Å²) in [5.41, 5.74) is 3.01. The van der Waals surface area contributed by atoms with Gasteiger partial charge in [-0.05, 0) is 64.5 Å². The van der Waals surface area contributed by atoms with Crippen LogP contribution in [-0.4, -0.2) is 15.6 Å². The molecular weight excluding hydrogens is 605 g/mol. The summed E-state index contributed by atoms with van der Waals surface area (Å²) in [6.45, 7) is 0.271. The molecule has 5 aromatic rings. The Labute approximate surface area is 222 Å². The third kappa shape index (κ3) is 4.79. The molecule has 0 saturated heterocycles. The van der Waals surface area contributed by atoms with E-state index in [2.05, 4.69) is 31.9 Å². The number of halogens is 4. The molecule has 0 aliphatic heterocycles. The first-order valence-corrected chi connectivity index (χ1v) is 12.4. The van der Waals surface area contributed by atoms with E-state index >= 15 is 0 Å². The van der Waals surface area contributed by atoms with Crippen LogP contribution in [-0.2, 0) is 6.61 Å². The molecule has 5 nitrogen and oxygen atoms in total. The van der Waals surface area contributed by atoms with Crippen LogP contribution in [0, 0.1) is 0 Å². The highest BCUT2D eigenvalue weighted by molar-refractivity contribution is 9.11. The second kappa shape index (κ2) is 9.96. The van der Waals surface area contributed by atoms with Crippen LogP contribution < -0.4 is 4.74 Å². The Morgan fingerprint density at radius 2 is 1.94 bits per heavy atom. The maximum absolute atomic E-state index is 6.32. The van der Waals surface area contributed by atoms with Gasteiger partial charge in [-0.3, -0.25) is 4.40 Å². The fraction of sp³-hybridized carbons (Fsp3) is 0.0400. The molecule has 3 heterocycles. The molecule has 0 spiro atoms. The molecule has 5 rings (SSSR count). The van der Waals surface area contributed by atoms with Gasteiger partial charge in [-0.1, -0.05) is 51.3 Å². The molecule has 3 aromatic heterocycles. The molecule has 0 N–H and O–H groups in total. The lowest BCUT2D eigenvalue weighted by Gasteiger charge is -2.12. The van der Waals surface area contributed by atoms with Crippen molar-refractivity contribution in [1.29, 1.82) is 0 Å². The maximum atomic E-state index is 6.32. The van der Waals surface area contributed by atoms with Crippen LogP contribution in [0.2, 0.25) is 10.0 Å². The lowest BCUT2D eigenvalue weighted by Crippen LogP contribution is -2.00. The molecule has 34 heavy (non-hydrogen) atoms. The van der Waals surface area contributed by atoms with Crippen molar-refractivity contribution in [2.45, 2.75) is 6.61 Å². The normalized spacial score (nSPS) is 11.5. The van der Waals surface area contributed by atoms with Crippen molar-refractivity contribution < 1.29 is 9.15 Å². The van der Waals surface area contributed by atoms with Crippen molar-refractivity contribution in [3.63, 3.8) is 0 Å². The fourth-order valence-electron chi connectivity index (χ4n) is 3.41. The molecule has 0 aliphatic rings. The number of aliphatic imine (C=N–C) groups is 1. The maximum Gasteiger partial charge on any atom is 0.168 e. The summed E-state index contributed by atoms with van der Waals surface area (Å²) in [4.78, 5) is 9.50. The zero-order chi connectivity index (χ0) is 23.7. The lowest BCUT2D eigenvalue weighted by atomic mass is 10.2. The number of furan rings is 1. The van der Waals surface area contributed by atoms with Gasteiger partial charge in [0.25, 0.3) is 0 Å². The van der Waals surface area contributed by atoms with E-state index < -0.39 is 0 Å². The van der Waals surface area contributed by atoms with E-state index in [1.54, 1.807) is 24.6 Å². The number of rotatable bonds is 6. The first-order chi connectivity index (χ1) is 16.5. The second-order valence-electron chi connectivity index (χ2n) is 7.27. The third-order valence-corrected chi connectivity index (χ3v) is 6.73. The minimum absolute atomic E-state index is 0.271. The molecule has 0 atom stereocenters. The van der Waals surface area contributed by atoms with Crippen molar-refractivity contribution in [2.24, 2.45) is 4.99 Å². The highest BCUT2D eigenvalue weighted by Crippen LogP contribution is 2.34. The summed E-state index contributed by atoms with van der Waals surface area (Å²) in [7, 11) is 0. The summed E-state index contributed by atoms with van der Waals surface area (Å²) in [6.07, 6.45) is 5.28. The van der Waals surface area contributed by atoms with Crippen molar-refractivity contribution in [2.75, 3.05) is 0 Å². The number of ether oxygens (including phenoxy) is 1. The zero-order valence-electron chi connectivity index (χ0n) is 17.4. The van der Waals surface area contributed by atoms with Crippen LogP contribution in [0.4, 0.5) is 5.82 Å². The topological polar surface area (TPSA) is 52.0 Å². The number of nitrogens with zero attached hydrogens (tertiary/aromatic N) is 3. The third-order valence-electron chi connectivity index (χ3n) is 5.03. The number of pyridine rings is 1. The van der Waals surface area contributed by atoms with E-state index in [0.717, 1.165) is 25.7 Å². The SMILES string of the molecule is Clc1ccc(COc2cc(Br)cc(Br)c2C=Nc2c(-c3ccco3)nc3ccccn23)c(Cl)c1. The number of hydrogen-bond donors (Lipinski definition) is 0. The average molecular weight is 620 g/mol. The zero-order valence-corrected chi connectivity index (χ0v) is 22.1. The molecule has 0 amide bonds. The predicted octanol–water partition coefficient (Wildman–Crippen LogP) is 8.76. The fourth-order valence-corrected chi connectivity index (χ4v) is 5.16. The Kier molecular flexibility index (Phi) is 6.79. The van der Waals surface area contributed by atoms with E-state index in [4.69, 9.17) is 42.3 Å². The average Bonchev–Trinajstić information content (AvgIpc) is 3.46. The van der Waals surface area contributed by atoms with Gasteiger partial charge in [0.05, 0.1) is 6.26 Å². The largest absolute Gasteiger partial charge is 0.488 e. The number of hydrogen-bond acceptors (Lipinski definition) is 4. The molecule has 170 valence electrons. The van der Waals surface area contributed by atoms with Gasteiger partial charge in [-0.15, -0.1) is 0 Å². The van der Waals surface area contributed by atoms with Gasteiger partial charge in [-0.2, -0.15) is 0 Å². The molecule has 9 heteroatoms. The number of aromatic nitrogens is 2. The smallest absolute Gasteiger partial charge is 0.168 e. The molecule has 0 radical (unpaired) electrons. The van der Waals surface area contributed by atoms with Crippen molar-refractivity contribution in [1.82, 2.24) is 9.38 Å². The Morgan fingerprint density at radius 1 is 1.06 bits per heavy atom. The summed E-state index contributed by atoms with van der Waals surface area (Å²) >= 11 is 19.5. The summed E-state index contributed by atoms with van der Waals surface area (Å²) in [5.74, 6) is 1.91. The van der Waals surface area contributed by atoms with E-state index in [1.165, 1.54) is 0 Å². The lowest BCUT2D eigenvalue weighted by molar-refractivity contribution is 0.305. The molecule has 0 saturated carbocycles. The van der Waals surface area contributed by atoms with Crippen LogP contribution in [0.15, 0.2) is 91.5 Å². The van der Waals surface area contributed by atoms with E-state index in [0.29, 0.717) is 33.1 Å². The van der Waals surface area contributed by atoms with Gasteiger partial charge in [0, 0.05) is 42.5 Å². The number of imidazole rings is 1. The molecule has 0 fully saturated rings. The minimum Gasteiger partial charge on any atom is -0.488 e. The first-order valence-electron chi connectivity index (χ1n) is 10.1. The van der Waals surface area contributed by atoms with E-state index in [-0.39, 0.29) is 6.61 Å². The van der Waals surface area contributed by atoms with E-state index in [9.17, 15) is 0 Å². The summed E-state index contributed by atoms with van der Waals surface area (Å²) in [5, 5.41) is 1.12. The highest BCUT2D eigenvalue weighted by Gasteiger charge is 2.16. The Balaban J connectivity index is 1.53. The van der Waals surface area contributed by atoms with Crippen LogP contribution in [0.1, 0.15) is 11.1 Å². The van der Waals surface area contributed by atoms with Crippen LogP contribution in [0.5, 0.6) is 5.75 Å². The van der Waals surface area contributed by atoms with E-state index in [1.807, 2.05) is 59.1 Å². The Morgan fingerprint density at radius 3 is 2.74 bits per heavy atom.